The molecule has 3 aromatic rings. The van der Waals surface area contributed by atoms with Gasteiger partial charge in [0.05, 0.1) is 12.7 Å². The first-order chi connectivity index (χ1) is 13.4. The number of hydrogen-bond acceptors (Lipinski definition) is 7. The van der Waals surface area contributed by atoms with E-state index in [4.69, 9.17) is 8.92 Å². The zero-order chi connectivity index (χ0) is 20.1. The monoisotopic (exact) mass is 463 g/mol. The highest BCUT2D eigenvalue weighted by Gasteiger charge is 2.21. The van der Waals surface area contributed by atoms with Crippen molar-refractivity contribution in [2.24, 2.45) is 0 Å². The molecule has 0 saturated heterocycles. The summed E-state index contributed by atoms with van der Waals surface area (Å²) < 4.78 is 40.8. The molecule has 0 aliphatic carbocycles. The smallest absolute Gasteiger partial charge is 0.339 e. The quantitative estimate of drug-likeness (QED) is 0.399. The average molecular weight is 464 g/mol. The third kappa shape index (κ3) is 4.68. The van der Waals surface area contributed by atoms with Gasteiger partial charge in [-0.3, -0.25) is 0 Å². The van der Waals surface area contributed by atoms with Gasteiger partial charge < -0.3 is 13.7 Å². The zero-order valence-corrected chi connectivity index (χ0v) is 16.9. The van der Waals surface area contributed by atoms with Crippen LogP contribution >= 0.6 is 15.9 Å². The summed E-state index contributed by atoms with van der Waals surface area (Å²) >= 11 is 3.19. The fraction of sp³-hybridized carbons (Fsp3) is 0.0526. The molecular weight excluding hydrogens is 450 g/mol. The molecule has 0 saturated carbocycles. The molecule has 3 rings (SSSR count). The van der Waals surface area contributed by atoms with Crippen molar-refractivity contribution in [2.75, 3.05) is 7.11 Å². The van der Waals surface area contributed by atoms with Crippen LogP contribution in [-0.4, -0.2) is 26.5 Å². The van der Waals surface area contributed by atoms with E-state index in [1.807, 2.05) is 0 Å². The number of halogens is 1. The van der Waals surface area contributed by atoms with Crippen LogP contribution in [0, 0.1) is 0 Å². The van der Waals surface area contributed by atoms with Crippen molar-refractivity contribution in [3.63, 3.8) is 0 Å². The second-order valence-electron chi connectivity index (χ2n) is 5.41. The van der Waals surface area contributed by atoms with Gasteiger partial charge in [-0.15, -0.1) is 0 Å². The number of rotatable bonds is 6. The van der Waals surface area contributed by atoms with Gasteiger partial charge >= 0.3 is 16.1 Å². The number of carbonyl (C=O) groups is 1. The van der Waals surface area contributed by atoms with Crippen molar-refractivity contribution in [1.29, 1.82) is 0 Å². The van der Waals surface area contributed by atoms with Crippen molar-refractivity contribution in [3.8, 4) is 17.4 Å². The molecule has 28 heavy (non-hydrogen) atoms. The van der Waals surface area contributed by atoms with Gasteiger partial charge in [0.2, 0.25) is 5.88 Å². The topological polar surface area (TPSA) is 91.8 Å². The van der Waals surface area contributed by atoms with Gasteiger partial charge in [0.25, 0.3) is 0 Å². The van der Waals surface area contributed by atoms with Crippen LogP contribution in [0.25, 0.3) is 0 Å². The molecule has 0 atom stereocenters. The van der Waals surface area contributed by atoms with Crippen LogP contribution in [0.2, 0.25) is 0 Å². The summed E-state index contributed by atoms with van der Waals surface area (Å²) in [6, 6.07) is 15.2. The Bertz CT molecular complexity index is 1090. The second-order valence-corrected chi connectivity index (χ2v) is 7.81. The number of carbonyl (C=O) groups excluding carboxylic acids is 1. The van der Waals surface area contributed by atoms with Gasteiger partial charge in [0.15, 0.2) is 0 Å². The summed E-state index contributed by atoms with van der Waals surface area (Å²) in [6.07, 6.45) is 1.60. The van der Waals surface area contributed by atoms with E-state index in [1.165, 1.54) is 37.4 Å². The van der Waals surface area contributed by atoms with Crippen molar-refractivity contribution in [1.82, 2.24) is 4.98 Å². The van der Waals surface area contributed by atoms with Gasteiger partial charge in [-0.1, -0.05) is 6.07 Å². The minimum Gasteiger partial charge on any atom is -0.465 e. The molecule has 0 N–H and O–H groups in total. The van der Waals surface area contributed by atoms with E-state index in [-0.39, 0.29) is 16.2 Å². The average Bonchev–Trinajstić information content (AvgIpc) is 2.69. The maximum Gasteiger partial charge on any atom is 0.339 e. The Balaban J connectivity index is 1.78. The summed E-state index contributed by atoms with van der Waals surface area (Å²) in [4.78, 5) is 15.6. The van der Waals surface area contributed by atoms with E-state index in [2.05, 4.69) is 25.7 Å². The Morgan fingerprint density at radius 3 is 2.36 bits per heavy atom. The first kappa shape index (κ1) is 19.8. The number of aromatic nitrogens is 1. The van der Waals surface area contributed by atoms with E-state index >= 15 is 0 Å². The summed E-state index contributed by atoms with van der Waals surface area (Å²) in [5.74, 6) is 0.310. The predicted octanol–water partition coefficient (Wildman–Crippen LogP) is 4.19. The van der Waals surface area contributed by atoms with Gasteiger partial charge in [-0.2, -0.15) is 8.42 Å². The van der Waals surface area contributed by atoms with E-state index < -0.39 is 16.1 Å². The molecule has 0 radical (unpaired) electrons. The van der Waals surface area contributed by atoms with Crippen LogP contribution in [0.15, 0.2) is 76.2 Å². The van der Waals surface area contributed by atoms with Gasteiger partial charge in [0.1, 0.15) is 16.4 Å². The minimum absolute atomic E-state index is 0.0753. The molecule has 0 unspecified atom stereocenters. The molecule has 0 fully saturated rings. The van der Waals surface area contributed by atoms with Crippen LogP contribution in [0.4, 0.5) is 0 Å². The SMILES string of the molecule is COC(=O)c1cc(S(=O)(=O)Oc2ccc(Oc3ccccn3)cc2)ccc1Br. The van der Waals surface area contributed by atoms with E-state index in [1.54, 1.807) is 36.5 Å². The number of methoxy groups -OCH3 is 1. The number of benzene rings is 2. The molecule has 0 spiro atoms. The molecule has 0 aliphatic heterocycles. The van der Waals surface area contributed by atoms with Crippen molar-refractivity contribution < 1.29 is 26.9 Å². The first-order valence-electron chi connectivity index (χ1n) is 7.90. The van der Waals surface area contributed by atoms with Crippen molar-refractivity contribution in [3.05, 3.63) is 76.9 Å². The van der Waals surface area contributed by atoms with Crippen LogP contribution in [-0.2, 0) is 14.9 Å². The minimum atomic E-state index is -4.15. The summed E-state index contributed by atoms with van der Waals surface area (Å²) in [6.45, 7) is 0. The number of pyridine rings is 1. The molecule has 1 aromatic heterocycles. The highest BCUT2D eigenvalue weighted by Crippen LogP contribution is 2.26. The highest BCUT2D eigenvalue weighted by molar-refractivity contribution is 9.10. The fourth-order valence-electron chi connectivity index (χ4n) is 2.19. The summed E-state index contributed by atoms with van der Waals surface area (Å²) in [7, 11) is -2.94. The Morgan fingerprint density at radius 1 is 1.00 bits per heavy atom. The Morgan fingerprint density at radius 2 is 1.71 bits per heavy atom. The zero-order valence-electron chi connectivity index (χ0n) is 14.5. The molecule has 1 heterocycles. The van der Waals surface area contributed by atoms with Crippen LogP contribution in [0.1, 0.15) is 10.4 Å². The number of ether oxygens (including phenoxy) is 2. The molecule has 9 heteroatoms. The third-order valence-electron chi connectivity index (χ3n) is 3.52. The maximum absolute atomic E-state index is 12.5. The summed E-state index contributed by atoms with van der Waals surface area (Å²) in [5.41, 5.74) is 0.0753. The van der Waals surface area contributed by atoms with Crippen molar-refractivity contribution >= 4 is 32.0 Å². The maximum atomic E-state index is 12.5. The van der Waals surface area contributed by atoms with Crippen LogP contribution in [0.3, 0.4) is 0 Å². The first-order valence-corrected chi connectivity index (χ1v) is 10.1. The molecule has 0 bridgehead atoms. The molecule has 144 valence electrons. The number of nitrogens with zero attached hydrogens (tertiary/aromatic N) is 1. The number of esters is 1. The summed E-state index contributed by atoms with van der Waals surface area (Å²) in [5, 5.41) is 0. The largest absolute Gasteiger partial charge is 0.465 e. The van der Waals surface area contributed by atoms with E-state index in [9.17, 15) is 13.2 Å². The normalized spacial score (nSPS) is 10.9. The lowest BCUT2D eigenvalue weighted by molar-refractivity contribution is 0.0599. The Kier molecular flexibility index (Phi) is 5.96. The number of hydrogen-bond donors (Lipinski definition) is 0. The van der Waals surface area contributed by atoms with E-state index in [0.717, 1.165) is 0 Å². The van der Waals surface area contributed by atoms with Gasteiger partial charge in [-0.05, 0) is 64.5 Å². The van der Waals surface area contributed by atoms with Crippen LogP contribution < -0.4 is 8.92 Å². The molecule has 2 aromatic carbocycles. The lowest BCUT2D eigenvalue weighted by atomic mass is 10.2. The van der Waals surface area contributed by atoms with Gasteiger partial charge in [-0.25, -0.2) is 9.78 Å². The molecular formula is C19H14BrNO6S. The lowest BCUT2D eigenvalue weighted by Crippen LogP contribution is -2.11. The lowest BCUT2D eigenvalue weighted by Gasteiger charge is -2.10. The predicted molar refractivity (Wildman–Crippen MR) is 104 cm³/mol. The molecule has 7 nitrogen and oxygen atoms in total. The fourth-order valence-corrected chi connectivity index (χ4v) is 3.56. The second kappa shape index (κ2) is 8.41. The molecule has 0 aliphatic rings. The van der Waals surface area contributed by atoms with Gasteiger partial charge in [0, 0.05) is 16.7 Å². The Labute approximate surface area is 170 Å². The van der Waals surface area contributed by atoms with Crippen LogP contribution in [0.5, 0.6) is 17.4 Å². The highest BCUT2D eigenvalue weighted by atomic mass is 79.9. The standard InChI is InChI=1S/C19H14BrNO6S/c1-25-19(22)16-12-15(9-10-17(16)20)28(23,24)27-14-7-5-13(6-8-14)26-18-4-2-3-11-21-18/h2-12H,1H3. The Hall–Kier alpha value is -2.91. The third-order valence-corrected chi connectivity index (χ3v) is 5.46. The van der Waals surface area contributed by atoms with E-state index in [0.29, 0.717) is 16.1 Å². The molecule has 0 amide bonds. The van der Waals surface area contributed by atoms with Crippen molar-refractivity contribution in [2.45, 2.75) is 4.90 Å².